The van der Waals surface area contributed by atoms with Crippen LogP contribution in [0.2, 0.25) is 0 Å². The van der Waals surface area contributed by atoms with E-state index in [0.29, 0.717) is 24.3 Å². The molecule has 0 spiro atoms. The predicted molar refractivity (Wildman–Crippen MR) is 170 cm³/mol. The number of benzene rings is 6. The lowest BCUT2D eigenvalue weighted by Crippen LogP contribution is -2.11. The predicted octanol–water partition coefficient (Wildman–Crippen LogP) is 12.7. The smallest absolute Gasteiger partial charge is 0.507 e. The second kappa shape index (κ2) is 13.1. The summed E-state index contributed by atoms with van der Waals surface area (Å²) in [5.74, 6) is -1.65. The molecule has 0 aliphatic carbocycles. The van der Waals surface area contributed by atoms with Crippen molar-refractivity contribution in [3.63, 3.8) is 0 Å². The van der Waals surface area contributed by atoms with E-state index in [4.69, 9.17) is 4.52 Å². The van der Waals surface area contributed by atoms with E-state index < -0.39 is 89.2 Å². The van der Waals surface area contributed by atoms with E-state index in [9.17, 15) is 62.9 Å². The van der Waals surface area contributed by atoms with Crippen LogP contribution < -0.4 is 4.52 Å². The first-order valence-corrected chi connectivity index (χ1v) is 15.8. The van der Waals surface area contributed by atoms with Gasteiger partial charge in [-0.3, -0.25) is 0 Å². The molecule has 0 heterocycles. The van der Waals surface area contributed by atoms with Gasteiger partial charge in [0.15, 0.2) is 0 Å². The molecule has 0 saturated carbocycles. The van der Waals surface area contributed by atoms with E-state index in [-0.39, 0.29) is 44.8 Å². The summed E-state index contributed by atoms with van der Waals surface area (Å²) in [5.41, 5.74) is -8.96. The van der Waals surface area contributed by atoms with Gasteiger partial charge in [0.25, 0.3) is 6.43 Å². The molecular formula is C36H19F11O4P+. The van der Waals surface area contributed by atoms with Crippen LogP contribution >= 0.6 is 8.25 Å². The Hall–Kier alpha value is -5.27. The highest BCUT2D eigenvalue weighted by atomic mass is 31.1. The van der Waals surface area contributed by atoms with Gasteiger partial charge in [-0.05, 0) is 81.2 Å². The Bertz CT molecular complexity index is 2350. The summed E-state index contributed by atoms with van der Waals surface area (Å²) < 4.78 is 170. The molecule has 0 amide bonds. The molecule has 6 aromatic rings. The summed E-state index contributed by atoms with van der Waals surface area (Å²) >= 11 is 0. The van der Waals surface area contributed by atoms with Crippen LogP contribution in [0.25, 0.3) is 54.9 Å². The number of alkyl halides is 11. The zero-order valence-electron chi connectivity index (χ0n) is 25.6. The summed E-state index contributed by atoms with van der Waals surface area (Å²) in [4.78, 5) is 9.99. The van der Waals surface area contributed by atoms with Crippen molar-refractivity contribution >= 4 is 29.8 Å². The Morgan fingerprint density at radius 1 is 0.577 bits per heavy atom. The Morgan fingerprint density at radius 2 is 1.02 bits per heavy atom. The van der Waals surface area contributed by atoms with Crippen LogP contribution in [0.15, 0.2) is 97.1 Å². The molecule has 2 N–H and O–H groups in total. The number of fused-ring (bicyclic) bond motifs is 2. The third-order valence-electron chi connectivity index (χ3n) is 8.19. The van der Waals surface area contributed by atoms with Crippen LogP contribution in [0.5, 0.6) is 11.5 Å². The molecule has 0 fully saturated rings. The minimum atomic E-state index is -5.26. The van der Waals surface area contributed by atoms with Crippen LogP contribution in [0.3, 0.4) is 0 Å². The number of hydrogen-bond acceptors (Lipinski definition) is 3. The lowest BCUT2D eigenvalue weighted by atomic mass is 9.85. The monoisotopic (exact) mass is 755 g/mol. The molecule has 0 aliphatic rings. The summed E-state index contributed by atoms with van der Waals surface area (Å²) in [6, 6.07) is 15.8. The van der Waals surface area contributed by atoms with Crippen molar-refractivity contribution in [2.45, 2.75) is 25.0 Å². The summed E-state index contributed by atoms with van der Waals surface area (Å²) in [7, 11) is -3.69. The van der Waals surface area contributed by atoms with Crippen molar-refractivity contribution in [1.29, 1.82) is 0 Å². The molecule has 16 heteroatoms. The largest absolute Gasteiger partial charge is 0.747 e. The van der Waals surface area contributed by atoms with Gasteiger partial charge in [0.05, 0.1) is 16.7 Å². The molecule has 6 rings (SSSR count). The maximum atomic E-state index is 13.9. The van der Waals surface area contributed by atoms with Gasteiger partial charge in [0.2, 0.25) is 5.75 Å². The van der Waals surface area contributed by atoms with Gasteiger partial charge in [-0.15, -0.1) is 4.89 Å². The van der Waals surface area contributed by atoms with Gasteiger partial charge < -0.3 is 5.11 Å². The molecule has 4 nitrogen and oxygen atoms in total. The van der Waals surface area contributed by atoms with Gasteiger partial charge in [0.1, 0.15) is 5.75 Å². The molecule has 0 aromatic heterocycles. The molecule has 0 aliphatic heterocycles. The maximum Gasteiger partial charge on any atom is 0.747 e. The van der Waals surface area contributed by atoms with Crippen LogP contribution in [-0.4, -0.2) is 10.00 Å². The lowest BCUT2D eigenvalue weighted by Gasteiger charge is -2.21. The molecule has 0 radical (unpaired) electrons. The molecule has 0 saturated heterocycles. The fourth-order valence-electron chi connectivity index (χ4n) is 5.98. The van der Waals surface area contributed by atoms with Gasteiger partial charge in [0, 0.05) is 32.4 Å². The maximum absolute atomic E-state index is 13.9. The van der Waals surface area contributed by atoms with Gasteiger partial charge in [-0.25, -0.2) is 13.3 Å². The van der Waals surface area contributed by atoms with E-state index >= 15 is 0 Å². The average molecular weight is 755 g/mol. The third kappa shape index (κ3) is 6.98. The zero-order chi connectivity index (χ0) is 37.9. The third-order valence-corrected chi connectivity index (χ3v) is 8.53. The summed E-state index contributed by atoms with van der Waals surface area (Å²) in [6.07, 6.45) is -19.1. The second-order valence-corrected chi connectivity index (χ2v) is 12.1. The van der Waals surface area contributed by atoms with Gasteiger partial charge in [-0.1, -0.05) is 48.5 Å². The van der Waals surface area contributed by atoms with Crippen LogP contribution in [0.1, 0.15) is 28.7 Å². The average Bonchev–Trinajstić information content (AvgIpc) is 3.06. The fraction of sp³-hybridized carbons (Fsp3) is 0.111. The van der Waals surface area contributed by atoms with Crippen molar-refractivity contribution in [3.8, 4) is 44.9 Å². The highest BCUT2D eigenvalue weighted by Crippen LogP contribution is 2.54. The lowest BCUT2D eigenvalue weighted by molar-refractivity contribution is -0.143. The van der Waals surface area contributed by atoms with E-state index in [0.717, 1.165) is 6.07 Å². The Balaban J connectivity index is 1.80. The van der Waals surface area contributed by atoms with E-state index in [2.05, 4.69) is 0 Å². The summed E-state index contributed by atoms with van der Waals surface area (Å²) in [6.45, 7) is 0. The number of hydrogen-bond donors (Lipinski definition) is 2. The molecule has 0 bridgehead atoms. The number of phenols is 1. The molecule has 1 unspecified atom stereocenters. The van der Waals surface area contributed by atoms with Crippen molar-refractivity contribution in [2.24, 2.45) is 0 Å². The molecular weight excluding hydrogens is 736 g/mol. The van der Waals surface area contributed by atoms with E-state index in [1.807, 2.05) is 0 Å². The standard InChI is InChI=1S/C36H18F11O4P/c37-33(38)21-9-19(10-22(13-21)34(39,40)41)28-15-18-6-2-4-8-26(18)30(32(28)51-52(49)50)29-25-7-3-1-5-17(25)14-27(31(29)48)20-11-23(35(42,43)44)16-24(12-20)36(45,46)47/h1-16,33H,(H-,48,49,50)/p+1. The number of halogens is 11. The minimum absolute atomic E-state index is 0.0735. The van der Waals surface area contributed by atoms with Crippen molar-refractivity contribution in [2.75, 3.05) is 0 Å². The van der Waals surface area contributed by atoms with Crippen molar-refractivity contribution < 1.29 is 67.4 Å². The SMILES string of the molecule is O=[P+](O)Oc1c(-c2cc(C(F)F)cc(C(F)(F)F)c2)cc2ccccc2c1-c1c(O)c(-c2cc(C(F)(F)F)cc(C(F)(F)F)c2)cc2ccccc12. The Kier molecular flexibility index (Phi) is 9.17. The van der Waals surface area contributed by atoms with Crippen molar-refractivity contribution in [1.82, 2.24) is 0 Å². The minimum Gasteiger partial charge on any atom is -0.507 e. The number of aromatic hydroxyl groups is 1. The zero-order valence-corrected chi connectivity index (χ0v) is 26.5. The van der Waals surface area contributed by atoms with Crippen LogP contribution in [0.4, 0.5) is 48.3 Å². The normalized spacial score (nSPS) is 12.9. The quantitative estimate of drug-likeness (QED) is 0.131. The number of rotatable bonds is 6. The highest BCUT2D eigenvalue weighted by molar-refractivity contribution is 7.32. The van der Waals surface area contributed by atoms with Gasteiger partial charge >= 0.3 is 26.8 Å². The van der Waals surface area contributed by atoms with Gasteiger partial charge in [-0.2, -0.15) is 39.5 Å². The van der Waals surface area contributed by atoms with Crippen LogP contribution in [0, 0.1) is 0 Å². The molecule has 268 valence electrons. The Labute approximate surface area is 286 Å². The van der Waals surface area contributed by atoms with E-state index in [1.165, 1.54) is 54.6 Å². The topological polar surface area (TPSA) is 66.8 Å². The van der Waals surface area contributed by atoms with Crippen LogP contribution in [-0.2, 0) is 23.1 Å². The fourth-order valence-corrected chi connectivity index (χ4v) is 6.33. The Morgan fingerprint density at radius 3 is 1.50 bits per heavy atom. The van der Waals surface area contributed by atoms with Crippen molar-refractivity contribution in [3.05, 3.63) is 119 Å². The first-order valence-electron chi connectivity index (χ1n) is 14.7. The van der Waals surface area contributed by atoms with E-state index in [1.54, 1.807) is 0 Å². The first-order chi connectivity index (χ1) is 24.2. The highest BCUT2D eigenvalue weighted by Gasteiger charge is 2.38. The molecule has 52 heavy (non-hydrogen) atoms. The number of phenolic OH excluding ortho intramolecular Hbond substituents is 1. The molecule has 1 atom stereocenters. The molecule has 6 aromatic carbocycles. The first kappa shape index (κ1) is 36.5. The second-order valence-electron chi connectivity index (χ2n) is 11.5. The summed E-state index contributed by atoms with van der Waals surface area (Å²) in [5, 5.41) is 12.4.